The van der Waals surface area contributed by atoms with Crippen molar-refractivity contribution in [2.45, 2.75) is 44.4 Å². The standard InChI is InChI=1S/C14H22N2O4/c1-4-5-9(11(17)18)16-12(19)14(15)8-6-7-20-10(8)13(14,2)3/h4,8-10H,1,5-7,15H2,2-3H3,(H,16,19)(H,17,18). The van der Waals surface area contributed by atoms with E-state index in [0.29, 0.717) is 6.61 Å². The van der Waals surface area contributed by atoms with Crippen LogP contribution in [0.5, 0.6) is 0 Å². The summed E-state index contributed by atoms with van der Waals surface area (Å²) in [6.07, 6.45) is 2.34. The highest BCUT2D eigenvalue weighted by atomic mass is 16.5. The van der Waals surface area contributed by atoms with Crippen molar-refractivity contribution in [3.8, 4) is 0 Å². The molecule has 112 valence electrons. The van der Waals surface area contributed by atoms with Crippen LogP contribution in [0.4, 0.5) is 0 Å². The molecule has 1 amide bonds. The van der Waals surface area contributed by atoms with Gasteiger partial charge in [0.05, 0.1) is 6.10 Å². The number of nitrogens with one attached hydrogen (secondary N) is 1. The Morgan fingerprint density at radius 2 is 2.25 bits per heavy atom. The monoisotopic (exact) mass is 282 g/mol. The summed E-state index contributed by atoms with van der Waals surface area (Å²) in [5.74, 6) is -1.54. The lowest BCUT2D eigenvalue weighted by Crippen LogP contribution is -2.80. The second-order valence-electron chi connectivity index (χ2n) is 6.17. The van der Waals surface area contributed by atoms with Crippen LogP contribution in [-0.4, -0.2) is 41.3 Å². The van der Waals surface area contributed by atoms with E-state index in [4.69, 9.17) is 15.6 Å². The molecule has 1 aliphatic carbocycles. The SMILES string of the molecule is C=CCC(NC(=O)C1(N)C2CCOC2C1(C)C)C(=O)O. The molecule has 6 heteroatoms. The second-order valence-corrected chi connectivity index (χ2v) is 6.17. The number of amides is 1. The first-order chi connectivity index (χ1) is 9.26. The zero-order valence-corrected chi connectivity index (χ0v) is 11.9. The molecule has 2 fully saturated rings. The van der Waals surface area contributed by atoms with Crippen LogP contribution in [0.1, 0.15) is 26.7 Å². The first-order valence-corrected chi connectivity index (χ1v) is 6.82. The number of carbonyl (C=O) groups excluding carboxylic acids is 1. The molecule has 6 nitrogen and oxygen atoms in total. The lowest BCUT2D eigenvalue weighted by atomic mass is 9.48. The van der Waals surface area contributed by atoms with Gasteiger partial charge in [-0.15, -0.1) is 6.58 Å². The predicted octanol–water partition coefficient (Wildman–Crippen LogP) is 0.274. The summed E-state index contributed by atoms with van der Waals surface area (Å²) in [5.41, 5.74) is 4.76. The summed E-state index contributed by atoms with van der Waals surface area (Å²) < 4.78 is 5.62. The number of aliphatic carboxylic acids is 1. The van der Waals surface area contributed by atoms with Gasteiger partial charge in [-0.2, -0.15) is 0 Å². The molecule has 1 heterocycles. The minimum Gasteiger partial charge on any atom is -0.480 e. The Morgan fingerprint density at radius 3 is 2.80 bits per heavy atom. The summed E-state index contributed by atoms with van der Waals surface area (Å²) in [7, 11) is 0. The number of hydrogen-bond donors (Lipinski definition) is 3. The molecule has 0 radical (unpaired) electrons. The van der Waals surface area contributed by atoms with E-state index in [1.54, 1.807) is 0 Å². The summed E-state index contributed by atoms with van der Waals surface area (Å²) in [6, 6.07) is -0.988. The topological polar surface area (TPSA) is 102 Å². The molecule has 1 saturated carbocycles. The first-order valence-electron chi connectivity index (χ1n) is 6.82. The fourth-order valence-electron chi connectivity index (χ4n) is 3.51. The average Bonchev–Trinajstić information content (AvgIpc) is 2.84. The average molecular weight is 282 g/mol. The lowest BCUT2D eigenvalue weighted by molar-refractivity contribution is -0.176. The van der Waals surface area contributed by atoms with Gasteiger partial charge in [-0.05, 0) is 12.8 Å². The number of carboxylic acids is 1. The smallest absolute Gasteiger partial charge is 0.326 e. The number of fused-ring (bicyclic) bond motifs is 1. The number of nitrogens with two attached hydrogens (primary N) is 1. The van der Waals surface area contributed by atoms with Gasteiger partial charge in [-0.3, -0.25) is 4.79 Å². The van der Waals surface area contributed by atoms with E-state index in [1.807, 2.05) is 13.8 Å². The van der Waals surface area contributed by atoms with E-state index in [-0.39, 0.29) is 18.4 Å². The molecule has 0 aromatic heterocycles. The van der Waals surface area contributed by atoms with Crippen LogP contribution >= 0.6 is 0 Å². The highest BCUT2D eigenvalue weighted by Crippen LogP contribution is 2.58. The Balaban J connectivity index is 2.15. The van der Waals surface area contributed by atoms with Gasteiger partial charge in [-0.25, -0.2) is 4.79 Å². The maximum Gasteiger partial charge on any atom is 0.326 e. The fraction of sp³-hybridized carbons (Fsp3) is 0.714. The van der Waals surface area contributed by atoms with Crippen molar-refractivity contribution in [3.05, 3.63) is 12.7 Å². The molecule has 1 saturated heterocycles. The molecule has 4 N–H and O–H groups in total. The minimum atomic E-state index is -1.08. The van der Waals surface area contributed by atoms with Crippen LogP contribution in [0.15, 0.2) is 12.7 Å². The van der Waals surface area contributed by atoms with Gasteiger partial charge in [0.2, 0.25) is 5.91 Å². The Hall–Kier alpha value is -1.40. The zero-order chi connectivity index (χ0) is 15.1. The third-order valence-electron chi connectivity index (χ3n) is 4.84. The third-order valence-corrected chi connectivity index (χ3v) is 4.84. The largest absolute Gasteiger partial charge is 0.480 e. The van der Waals surface area contributed by atoms with E-state index in [2.05, 4.69) is 11.9 Å². The maximum absolute atomic E-state index is 12.5. The van der Waals surface area contributed by atoms with Crippen molar-refractivity contribution in [1.29, 1.82) is 0 Å². The second kappa shape index (κ2) is 4.86. The molecule has 0 bridgehead atoms. The van der Waals surface area contributed by atoms with Gasteiger partial charge in [0.1, 0.15) is 11.6 Å². The highest BCUT2D eigenvalue weighted by Gasteiger charge is 2.71. The van der Waals surface area contributed by atoms with Crippen LogP contribution < -0.4 is 11.1 Å². The number of carboxylic acid groups (broad SMARTS) is 1. The predicted molar refractivity (Wildman–Crippen MR) is 72.9 cm³/mol. The summed E-state index contributed by atoms with van der Waals surface area (Å²) in [6.45, 7) is 7.88. The van der Waals surface area contributed by atoms with Crippen LogP contribution in [-0.2, 0) is 14.3 Å². The normalized spacial score (nSPS) is 35.5. The summed E-state index contributed by atoms with van der Waals surface area (Å²) in [5, 5.41) is 11.6. The number of rotatable bonds is 5. The lowest BCUT2D eigenvalue weighted by Gasteiger charge is -2.60. The van der Waals surface area contributed by atoms with Crippen molar-refractivity contribution in [1.82, 2.24) is 5.32 Å². The van der Waals surface area contributed by atoms with Crippen LogP contribution in [0.3, 0.4) is 0 Å². The van der Waals surface area contributed by atoms with Gasteiger partial charge in [-0.1, -0.05) is 19.9 Å². The number of hydrogen-bond acceptors (Lipinski definition) is 4. The van der Waals surface area contributed by atoms with Crippen molar-refractivity contribution in [2.75, 3.05) is 6.61 Å². The van der Waals surface area contributed by atoms with Gasteiger partial charge in [0.25, 0.3) is 0 Å². The van der Waals surface area contributed by atoms with Crippen molar-refractivity contribution in [3.63, 3.8) is 0 Å². The summed E-state index contributed by atoms with van der Waals surface area (Å²) in [4.78, 5) is 23.6. The van der Waals surface area contributed by atoms with Gasteiger partial charge < -0.3 is 20.9 Å². The van der Waals surface area contributed by atoms with Crippen LogP contribution in [0.25, 0.3) is 0 Å². The van der Waals surface area contributed by atoms with Crippen molar-refractivity contribution >= 4 is 11.9 Å². The molecular formula is C14H22N2O4. The number of carbonyl (C=O) groups is 2. The molecule has 0 aromatic rings. The van der Waals surface area contributed by atoms with Gasteiger partial charge in [0.15, 0.2) is 0 Å². The molecule has 2 aliphatic rings. The van der Waals surface area contributed by atoms with Gasteiger partial charge >= 0.3 is 5.97 Å². The Morgan fingerprint density at radius 1 is 1.60 bits per heavy atom. The molecule has 2 rings (SSSR count). The quantitative estimate of drug-likeness (QED) is 0.628. The van der Waals surface area contributed by atoms with Crippen LogP contribution in [0.2, 0.25) is 0 Å². The molecule has 4 unspecified atom stereocenters. The van der Waals surface area contributed by atoms with E-state index >= 15 is 0 Å². The van der Waals surface area contributed by atoms with Crippen LogP contribution in [0, 0.1) is 11.3 Å². The van der Waals surface area contributed by atoms with Gasteiger partial charge in [0, 0.05) is 17.9 Å². The van der Waals surface area contributed by atoms with E-state index in [9.17, 15) is 9.59 Å². The molecule has 0 spiro atoms. The Bertz CT molecular complexity index is 448. The van der Waals surface area contributed by atoms with E-state index in [1.165, 1.54) is 6.08 Å². The zero-order valence-electron chi connectivity index (χ0n) is 11.9. The van der Waals surface area contributed by atoms with Crippen molar-refractivity contribution < 1.29 is 19.4 Å². The maximum atomic E-state index is 12.5. The van der Waals surface area contributed by atoms with E-state index < -0.39 is 28.9 Å². The molecule has 20 heavy (non-hydrogen) atoms. The minimum absolute atomic E-state index is 0.0269. The molecular weight excluding hydrogens is 260 g/mol. The molecule has 0 aromatic carbocycles. The Labute approximate surface area is 118 Å². The Kier molecular flexibility index (Phi) is 3.64. The fourth-order valence-corrected chi connectivity index (χ4v) is 3.51. The summed E-state index contributed by atoms with van der Waals surface area (Å²) >= 11 is 0. The van der Waals surface area contributed by atoms with Crippen molar-refractivity contribution in [2.24, 2.45) is 17.1 Å². The number of ether oxygens (including phenoxy) is 1. The first kappa shape index (κ1) is 15.0. The molecule has 4 atom stereocenters. The molecule has 1 aliphatic heterocycles. The third kappa shape index (κ3) is 1.86. The highest BCUT2D eigenvalue weighted by molar-refractivity contribution is 5.92. The van der Waals surface area contributed by atoms with E-state index in [0.717, 1.165) is 6.42 Å².